The zero-order valence-corrected chi connectivity index (χ0v) is 23.2. The molecule has 2 heterocycles. The summed E-state index contributed by atoms with van der Waals surface area (Å²) >= 11 is 0. The molecule has 6 rings (SSSR count). The van der Waals surface area contributed by atoms with Gasteiger partial charge in [0, 0.05) is 18.1 Å². The molecular weight excluding hydrogens is 522 g/mol. The lowest BCUT2D eigenvalue weighted by molar-refractivity contribution is 0.201. The number of imidazole rings is 1. The third kappa shape index (κ3) is 5.80. The van der Waals surface area contributed by atoms with E-state index >= 15 is 0 Å². The van der Waals surface area contributed by atoms with E-state index in [1.807, 2.05) is 60.8 Å². The van der Waals surface area contributed by atoms with E-state index in [9.17, 15) is 0 Å². The summed E-state index contributed by atoms with van der Waals surface area (Å²) in [7, 11) is 0. The fourth-order valence-electron chi connectivity index (χ4n) is 5.29. The molecule has 0 bridgehead atoms. The van der Waals surface area contributed by atoms with Gasteiger partial charge in [-0.2, -0.15) is 0 Å². The third-order valence-electron chi connectivity index (χ3n) is 7.33. The van der Waals surface area contributed by atoms with Gasteiger partial charge in [0.05, 0.1) is 42.8 Å². The Morgan fingerprint density at radius 2 is 1.50 bits per heavy atom. The van der Waals surface area contributed by atoms with Crippen LogP contribution in [-0.4, -0.2) is 39.0 Å². The van der Waals surface area contributed by atoms with Crippen LogP contribution in [0, 0.1) is 6.57 Å². The molecular formula is C35H31N5O2. The Morgan fingerprint density at radius 3 is 2.24 bits per heavy atom. The van der Waals surface area contributed by atoms with Gasteiger partial charge in [-0.05, 0) is 53.4 Å². The molecule has 0 unspecified atom stereocenters. The molecule has 0 spiro atoms. The molecule has 0 fully saturated rings. The van der Waals surface area contributed by atoms with E-state index in [4.69, 9.17) is 26.4 Å². The zero-order valence-electron chi connectivity index (χ0n) is 23.2. The van der Waals surface area contributed by atoms with Crippen molar-refractivity contribution in [2.45, 2.75) is 19.5 Å². The van der Waals surface area contributed by atoms with E-state index in [-0.39, 0.29) is 13.2 Å². The largest absolute Gasteiger partial charge is 0.491 e. The fraction of sp³-hybridized carbons (Fsp3) is 0.171. The molecule has 4 aromatic carbocycles. The minimum Gasteiger partial charge on any atom is -0.491 e. The molecule has 0 saturated heterocycles. The maximum atomic E-state index is 9.01. The van der Waals surface area contributed by atoms with E-state index in [0.29, 0.717) is 25.3 Å². The van der Waals surface area contributed by atoms with Crippen LogP contribution in [-0.2, 0) is 19.5 Å². The highest BCUT2D eigenvalue weighted by Gasteiger charge is 2.14. The fourth-order valence-corrected chi connectivity index (χ4v) is 5.29. The van der Waals surface area contributed by atoms with Crippen molar-refractivity contribution in [2.24, 2.45) is 4.99 Å². The molecule has 0 aliphatic carbocycles. The molecule has 6 aromatic rings. The maximum Gasteiger partial charge on any atom is 0.206 e. The van der Waals surface area contributed by atoms with Crippen LogP contribution in [0.15, 0.2) is 114 Å². The molecule has 2 aromatic heterocycles. The van der Waals surface area contributed by atoms with Gasteiger partial charge in [-0.15, -0.1) is 0 Å². The van der Waals surface area contributed by atoms with E-state index in [2.05, 4.69) is 62.5 Å². The van der Waals surface area contributed by atoms with Gasteiger partial charge >= 0.3 is 0 Å². The molecule has 1 N–H and O–H groups in total. The molecule has 0 atom stereocenters. The number of aliphatic hydroxyl groups excluding tert-OH is 1. The summed E-state index contributed by atoms with van der Waals surface area (Å²) in [5.74, 6) is 0.746. The van der Waals surface area contributed by atoms with Crippen LogP contribution < -0.4 is 10.4 Å². The summed E-state index contributed by atoms with van der Waals surface area (Å²) in [6.45, 7) is 9.47. The average Bonchev–Trinajstić information content (AvgIpc) is 3.32. The Kier molecular flexibility index (Phi) is 8.07. The molecule has 0 aliphatic rings. The van der Waals surface area contributed by atoms with Crippen LogP contribution in [0.2, 0.25) is 0 Å². The minimum atomic E-state index is -0.00677. The highest BCUT2D eigenvalue weighted by molar-refractivity contribution is 5.82. The number of benzene rings is 4. The summed E-state index contributed by atoms with van der Waals surface area (Å²) in [5, 5.41) is 10.1. The summed E-state index contributed by atoms with van der Waals surface area (Å²) in [6.07, 6.45) is 2.62. The Labute approximate surface area is 244 Å². The summed E-state index contributed by atoms with van der Waals surface area (Å²) in [5.41, 5.74) is 8.13. The smallest absolute Gasteiger partial charge is 0.206 e. The first-order chi connectivity index (χ1) is 20.7. The number of hydrogen-bond donors (Lipinski definition) is 1. The maximum absolute atomic E-state index is 9.01. The van der Waals surface area contributed by atoms with E-state index < -0.39 is 0 Å². The summed E-state index contributed by atoms with van der Waals surface area (Å²) in [4.78, 5) is 13.5. The molecule has 0 aliphatic heterocycles. The first-order valence-corrected chi connectivity index (χ1v) is 14.0. The summed E-state index contributed by atoms with van der Waals surface area (Å²) < 4.78 is 10.1. The highest BCUT2D eigenvalue weighted by atomic mass is 16.5. The molecule has 7 heteroatoms. The van der Waals surface area contributed by atoms with Gasteiger partial charge in [-0.25, -0.2) is 4.85 Å². The standard InChI is InChI=1S/C35H31N5O2/c1-36-30-15-11-27(12-16-30)24-39-32-9-2-3-10-33(32)40(25-29-7-4-6-28-8-5-20-37-34(28)29)35(39)38-21-19-26-13-17-31(18-14-26)42-23-22-41/h2-18,20,41H,19,21-25H2. The molecule has 0 saturated carbocycles. The number of para-hydroxylation sites is 3. The summed E-state index contributed by atoms with van der Waals surface area (Å²) in [6, 6.07) is 34.6. The monoisotopic (exact) mass is 553 g/mol. The lowest BCUT2D eigenvalue weighted by Gasteiger charge is -2.10. The Bertz CT molecular complexity index is 1930. The lowest BCUT2D eigenvalue weighted by atomic mass is 10.1. The van der Waals surface area contributed by atoms with Gasteiger partial charge in [0.25, 0.3) is 0 Å². The minimum absolute atomic E-state index is 0.00677. The number of pyridine rings is 1. The van der Waals surface area contributed by atoms with Gasteiger partial charge < -0.3 is 19.0 Å². The lowest BCUT2D eigenvalue weighted by Crippen LogP contribution is -2.28. The van der Waals surface area contributed by atoms with Crippen molar-refractivity contribution in [3.63, 3.8) is 0 Å². The zero-order chi connectivity index (χ0) is 28.7. The molecule has 0 amide bonds. The van der Waals surface area contributed by atoms with Crippen molar-refractivity contribution in [3.8, 4) is 5.75 Å². The number of ether oxygens (including phenoxy) is 1. The van der Waals surface area contributed by atoms with Crippen molar-refractivity contribution >= 4 is 27.6 Å². The second-order valence-electron chi connectivity index (χ2n) is 10.1. The van der Waals surface area contributed by atoms with Crippen molar-refractivity contribution in [2.75, 3.05) is 19.8 Å². The van der Waals surface area contributed by atoms with Crippen LogP contribution in [0.1, 0.15) is 16.7 Å². The van der Waals surface area contributed by atoms with Crippen LogP contribution in [0.3, 0.4) is 0 Å². The molecule has 208 valence electrons. The molecule has 42 heavy (non-hydrogen) atoms. The van der Waals surface area contributed by atoms with E-state index in [1.54, 1.807) is 0 Å². The third-order valence-corrected chi connectivity index (χ3v) is 7.33. The number of aliphatic hydroxyl groups is 1. The van der Waals surface area contributed by atoms with Gasteiger partial charge in [-0.1, -0.05) is 72.8 Å². The first kappa shape index (κ1) is 27.0. The topological polar surface area (TPSA) is 68.9 Å². The number of nitrogens with zero attached hydrogens (tertiary/aromatic N) is 5. The average molecular weight is 554 g/mol. The van der Waals surface area contributed by atoms with Crippen molar-refractivity contribution in [1.29, 1.82) is 0 Å². The SMILES string of the molecule is [C-]#[N+]c1ccc(Cn2c(=NCCc3ccc(OCCO)cc3)n(Cc3cccc4cccnc34)c3ccccc32)cc1. The number of rotatable bonds is 10. The quantitative estimate of drug-likeness (QED) is 0.207. The molecule has 7 nitrogen and oxygen atoms in total. The van der Waals surface area contributed by atoms with E-state index in [1.165, 1.54) is 0 Å². The van der Waals surface area contributed by atoms with Gasteiger partial charge in [0.15, 0.2) is 5.69 Å². The van der Waals surface area contributed by atoms with Crippen molar-refractivity contribution in [1.82, 2.24) is 14.1 Å². The van der Waals surface area contributed by atoms with Crippen LogP contribution in [0.25, 0.3) is 26.8 Å². The predicted molar refractivity (Wildman–Crippen MR) is 166 cm³/mol. The number of aromatic nitrogens is 3. The number of fused-ring (bicyclic) bond motifs is 2. The second-order valence-corrected chi connectivity index (χ2v) is 10.1. The van der Waals surface area contributed by atoms with Crippen molar-refractivity contribution < 1.29 is 9.84 Å². The van der Waals surface area contributed by atoms with Crippen molar-refractivity contribution in [3.05, 3.63) is 143 Å². The Balaban J connectivity index is 1.42. The Morgan fingerprint density at radius 1 is 0.786 bits per heavy atom. The van der Waals surface area contributed by atoms with Gasteiger partial charge in [0.2, 0.25) is 5.62 Å². The predicted octanol–water partition coefficient (Wildman–Crippen LogP) is 6.15. The van der Waals surface area contributed by atoms with Crippen LogP contribution in [0.5, 0.6) is 5.75 Å². The van der Waals surface area contributed by atoms with Gasteiger partial charge in [0.1, 0.15) is 12.4 Å². The highest BCUT2D eigenvalue weighted by Crippen LogP contribution is 2.21. The second kappa shape index (κ2) is 12.5. The molecule has 0 radical (unpaired) electrons. The van der Waals surface area contributed by atoms with Crippen LogP contribution in [0.4, 0.5) is 5.69 Å². The van der Waals surface area contributed by atoms with Gasteiger partial charge in [-0.3, -0.25) is 9.98 Å². The number of hydrogen-bond acceptors (Lipinski definition) is 4. The van der Waals surface area contributed by atoms with E-state index in [0.717, 1.165) is 56.4 Å². The Hall–Kier alpha value is -5.19. The normalized spacial score (nSPS) is 11.7. The first-order valence-electron chi connectivity index (χ1n) is 14.0. The van der Waals surface area contributed by atoms with Crippen LogP contribution >= 0.6 is 0 Å².